The predicted octanol–water partition coefficient (Wildman–Crippen LogP) is 0.502. The smallest absolute Gasteiger partial charge is 0.0223 e. The van der Waals surface area contributed by atoms with E-state index in [1.54, 1.807) is 0 Å². The fourth-order valence-electron chi connectivity index (χ4n) is 2.95. The average molecular weight is 197 g/mol. The second-order valence-corrected chi connectivity index (χ2v) is 5.08. The first-order chi connectivity index (χ1) is 6.66. The molecule has 0 aromatic rings. The van der Waals surface area contributed by atoms with Gasteiger partial charge in [0.15, 0.2) is 0 Å². The highest BCUT2D eigenvalue weighted by atomic mass is 15.3. The first-order valence-corrected chi connectivity index (χ1v) is 5.86. The largest absolute Gasteiger partial charge is 0.327 e. The van der Waals surface area contributed by atoms with Gasteiger partial charge in [0.25, 0.3) is 0 Å². The summed E-state index contributed by atoms with van der Waals surface area (Å²) in [4.78, 5) is 5.13. The highest BCUT2D eigenvalue weighted by molar-refractivity contribution is 4.91. The molecule has 0 saturated carbocycles. The van der Waals surface area contributed by atoms with Crippen LogP contribution in [0.3, 0.4) is 0 Å². The second-order valence-electron chi connectivity index (χ2n) is 5.08. The summed E-state index contributed by atoms with van der Waals surface area (Å²) < 4.78 is 0. The van der Waals surface area contributed by atoms with Crippen LogP contribution in [0.2, 0.25) is 0 Å². The van der Waals surface area contributed by atoms with Gasteiger partial charge >= 0.3 is 0 Å². The van der Waals surface area contributed by atoms with Gasteiger partial charge in [-0.2, -0.15) is 0 Å². The van der Waals surface area contributed by atoms with Gasteiger partial charge in [-0.1, -0.05) is 0 Å². The lowest BCUT2D eigenvalue weighted by atomic mass is 10.1. The molecule has 2 saturated heterocycles. The molecule has 2 aliphatic heterocycles. The van der Waals surface area contributed by atoms with E-state index in [1.807, 2.05) is 0 Å². The maximum atomic E-state index is 5.85. The Labute approximate surface area is 87.2 Å². The van der Waals surface area contributed by atoms with E-state index in [0.29, 0.717) is 6.04 Å². The van der Waals surface area contributed by atoms with Gasteiger partial charge in [0, 0.05) is 31.2 Å². The molecule has 14 heavy (non-hydrogen) atoms. The van der Waals surface area contributed by atoms with Crippen LogP contribution in [0, 0.1) is 0 Å². The van der Waals surface area contributed by atoms with Gasteiger partial charge in [-0.15, -0.1) is 0 Å². The summed E-state index contributed by atoms with van der Waals surface area (Å²) in [6.45, 7) is 5.64. The Hall–Kier alpha value is -0.120. The minimum Gasteiger partial charge on any atom is -0.327 e. The molecule has 2 N–H and O–H groups in total. The molecule has 0 amide bonds. The molecular weight excluding hydrogens is 174 g/mol. The SMILES string of the molecule is C[C@@H](N)CN1CCC2CCC(C1)N2C. The van der Waals surface area contributed by atoms with Crippen molar-refractivity contribution in [3.63, 3.8) is 0 Å². The van der Waals surface area contributed by atoms with E-state index in [1.165, 1.54) is 32.4 Å². The number of likely N-dealkylation sites (tertiary alicyclic amines) is 1. The van der Waals surface area contributed by atoms with Gasteiger partial charge in [-0.25, -0.2) is 0 Å². The van der Waals surface area contributed by atoms with E-state index in [2.05, 4.69) is 23.8 Å². The van der Waals surface area contributed by atoms with Crippen LogP contribution in [0.15, 0.2) is 0 Å². The van der Waals surface area contributed by atoms with E-state index in [4.69, 9.17) is 5.73 Å². The van der Waals surface area contributed by atoms with Crippen molar-refractivity contribution in [3.8, 4) is 0 Å². The molecule has 0 aromatic carbocycles. The van der Waals surface area contributed by atoms with Crippen molar-refractivity contribution in [2.45, 2.75) is 44.3 Å². The lowest BCUT2D eigenvalue weighted by Gasteiger charge is -2.26. The summed E-state index contributed by atoms with van der Waals surface area (Å²) in [5, 5.41) is 0. The molecule has 3 heteroatoms. The normalized spacial score (nSPS) is 37.1. The standard InChI is InChI=1S/C11H23N3/c1-9(12)7-14-6-5-10-3-4-11(8-14)13(10)2/h9-11H,3-8,12H2,1-2H3/t9-,10?,11?/m1/s1. The third-order valence-electron chi connectivity index (χ3n) is 3.78. The van der Waals surface area contributed by atoms with Crippen LogP contribution in [0.5, 0.6) is 0 Å². The van der Waals surface area contributed by atoms with Crippen LogP contribution in [0.1, 0.15) is 26.2 Å². The average Bonchev–Trinajstić information content (AvgIpc) is 2.33. The van der Waals surface area contributed by atoms with Crippen LogP contribution >= 0.6 is 0 Å². The van der Waals surface area contributed by atoms with E-state index in [-0.39, 0.29) is 0 Å². The summed E-state index contributed by atoms with van der Waals surface area (Å²) in [6.07, 6.45) is 4.13. The van der Waals surface area contributed by atoms with Gasteiger partial charge in [0.2, 0.25) is 0 Å². The highest BCUT2D eigenvalue weighted by Crippen LogP contribution is 2.28. The second kappa shape index (κ2) is 4.17. The third kappa shape index (κ3) is 2.10. The Morgan fingerprint density at radius 1 is 1.29 bits per heavy atom. The van der Waals surface area contributed by atoms with Gasteiger partial charge in [0.05, 0.1) is 0 Å². The molecular formula is C11H23N3. The Bertz CT molecular complexity index is 193. The maximum absolute atomic E-state index is 5.85. The summed E-state index contributed by atoms with van der Waals surface area (Å²) in [6, 6.07) is 1.95. The molecule has 3 nitrogen and oxygen atoms in total. The van der Waals surface area contributed by atoms with Crippen molar-refractivity contribution < 1.29 is 0 Å². The molecule has 2 bridgehead atoms. The van der Waals surface area contributed by atoms with Crippen LogP contribution in [0.4, 0.5) is 0 Å². The minimum atomic E-state index is 0.317. The number of nitrogens with zero attached hydrogens (tertiary/aromatic N) is 2. The monoisotopic (exact) mass is 197 g/mol. The van der Waals surface area contributed by atoms with E-state index < -0.39 is 0 Å². The Kier molecular flexibility index (Phi) is 3.10. The molecule has 0 aliphatic carbocycles. The van der Waals surface area contributed by atoms with E-state index >= 15 is 0 Å². The first-order valence-electron chi connectivity index (χ1n) is 5.86. The molecule has 82 valence electrons. The summed E-state index contributed by atoms with van der Waals surface area (Å²) in [5.41, 5.74) is 5.85. The van der Waals surface area contributed by atoms with Crippen LogP contribution in [-0.4, -0.2) is 54.6 Å². The first kappa shape index (κ1) is 10.4. The molecule has 2 fully saturated rings. The van der Waals surface area contributed by atoms with Crippen LogP contribution in [0.25, 0.3) is 0 Å². The molecule has 0 spiro atoms. The minimum absolute atomic E-state index is 0.317. The number of hydrogen-bond acceptors (Lipinski definition) is 3. The van der Waals surface area contributed by atoms with Gasteiger partial charge in [-0.3, -0.25) is 4.90 Å². The molecule has 0 aromatic heterocycles. The van der Waals surface area contributed by atoms with E-state index in [0.717, 1.165) is 18.6 Å². The van der Waals surface area contributed by atoms with Gasteiger partial charge in [0.1, 0.15) is 0 Å². The Morgan fingerprint density at radius 3 is 2.71 bits per heavy atom. The number of rotatable bonds is 2. The zero-order valence-corrected chi connectivity index (χ0v) is 9.45. The number of nitrogens with two attached hydrogens (primary N) is 1. The topological polar surface area (TPSA) is 32.5 Å². The quantitative estimate of drug-likeness (QED) is 0.700. The zero-order valence-electron chi connectivity index (χ0n) is 9.45. The maximum Gasteiger partial charge on any atom is 0.0223 e. The molecule has 2 aliphatic rings. The van der Waals surface area contributed by atoms with Crippen molar-refractivity contribution >= 4 is 0 Å². The number of hydrogen-bond donors (Lipinski definition) is 1. The van der Waals surface area contributed by atoms with Gasteiger partial charge in [-0.05, 0) is 39.8 Å². The summed E-state index contributed by atoms with van der Waals surface area (Å²) in [7, 11) is 2.29. The van der Waals surface area contributed by atoms with Crippen molar-refractivity contribution in [1.82, 2.24) is 9.80 Å². The molecule has 2 heterocycles. The molecule has 2 rings (SSSR count). The van der Waals surface area contributed by atoms with Crippen molar-refractivity contribution in [1.29, 1.82) is 0 Å². The predicted molar refractivity (Wildman–Crippen MR) is 59.3 cm³/mol. The number of likely N-dealkylation sites (N-methyl/N-ethyl adjacent to an activating group) is 1. The van der Waals surface area contributed by atoms with Crippen LogP contribution in [-0.2, 0) is 0 Å². The Balaban J connectivity index is 1.93. The summed E-state index contributed by atoms with van der Waals surface area (Å²) >= 11 is 0. The lowest BCUT2D eigenvalue weighted by molar-refractivity contribution is 0.214. The van der Waals surface area contributed by atoms with Crippen LogP contribution < -0.4 is 5.73 Å². The number of fused-ring (bicyclic) bond motifs is 2. The van der Waals surface area contributed by atoms with Crippen molar-refractivity contribution in [3.05, 3.63) is 0 Å². The fraction of sp³-hybridized carbons (Fsp3) is 1.00. The summed E-state index contributed by atoms with van der Waals surface area (Å²) in [5.74, 6) is 0. The zero-order chi connectivity index (χ0) is 10.1. The molecule has 0 radical (unpaired) electrons. The lowest BCUT2D eigenvalue weighted by Crippen LogP contribution is -2.41. The van der Waals surface area contributed by atoms with E-state index in [9.17, 15) is 0 Å². The van der Waals surface area contributed by atoms with Crippen molar-refractivity contribution in [2.24, 2.45) is 5.73 Å². The highest BCUT2D eigenvalue weighted by Gasteiger charge is 2.34. The molecule has 2 unspecified atom stereocenters. The molecule has 3 atom stereocenters. The third-order valence-corrected chi connectivity index (χ3v) is 3.78. The van der Waals surface area contributed by atoms with Gasteiger partial charge < -0.3 is 10.6 Å². The van der Waals surface area contributed by atoms with Crippen molar-refractivity contribution in [2.75, 3.05) is 26.7 Å². The Morgan fingerprint density at radius 2 is 2.00 bits per heavy atom. The fourth-order valence-corrected chi connectivity index (χ4v) is 2.95.